The minimum absolute atomic E-state index is 0.260. The Morgan fingerprint density at radius 3 is 2.85 bits per heavy atom. The molecule has 2 atom stereocenters. The Kier molecular flexibility index (Phi) is 5.69. The SMILES string of the molecule is Cn1cc(-c2ccc(Cn3cc(C(=O)NC4CCCCC4(C)O)c4ncccc43)c(F)c2)cn1. The van der Waals surface area contributed by atoms with E-state index in [4.69, 9.17) is 0 Å². The van der Waals surface area contributed by atoms with E-state index in [9.17, 15) is 9.90 Å². The van der Waals surface area contributed by atoms with Gasteiger partial charge in [-0.3, -0.25) is 14.5 Å². The van der Waals surface area contributed by atoms with E-state index in [1.165, 1.54) is 6.07 Å². The summed E-state index contributed by atoms with van der Waals surface area (Å²) in [4.78, 5) is 17.6. The normalized spacial score (nSPS) is 20.5. The van der Waals surface area contributed by atoms with E-state index in [1.807, 2.05) is 29.9 Å². The molecule has 1 amide bonds. The number of fused-ring (bicyclic) bond motifs is 1. The van der Waals surface area contributed by atoms with Crippen LogP contribution in [0.5, 0.6) is 0 Å². The van der Waals surface area contributed by atoms with Crippen LogP contribution < -0.4 is 5.32 Å². The Hall–Kier alpha value is -3.52. The maximum atomic E-state index is 15.0. The average Bonchev–Trinajstić information content (AvgIpc) is 3.40. The molecule has 1 saturated carbocycles. The van der Waals surface area contributed by atoms with Crippen LogP contribution in [0.3, 0.4) is 0 Å². The fourth-order valence-electron chi connectivity index (χ4n) is 4.81. The van der Waals surface area contributed by atoms with E-state index in [-0.39, 0.29) is 24.3 Å². The first-order valence-electron chi connectivity index (χ1n) is 11.6. The van der Waals surface area contributed by atoms with Crippen LogP contribution in [0.1, 0.15) is 48.5 Å². The second-order valence-electron chi connectivity index (χ2n) is 9.38. The van der Waals surface area contributed by atoms with E-state index in [2.05, 4.69) is 15.4 Å². The van der Waals surface area contributed by atoms with E-state index in [0.717, 1.165) is 35.9 Å². The lowest BCUT2D eigenvalue weighted by Crippen LogP contribution is -2.52. The van der Waals surface area contributed by atoms with Crippen molar-refractivity contribution in [1.82, 2.24) is 24.6 Å². The second-order valence-corrected chi connectivity index (χ2v) is 9.38. The van der Waals surface area contributed by atoms with Crippen molar-refractivity contribution in [3.8, 4) is 11.1 Å². The maximum Gasteiger partial charge on any atom is 0.255 e. The summed E-state index contributed by atoms with van der Waals surface area (Å²) in [5.74, 6) is -0.599. The molecule has 1 aliphatic carbocycles. The molecule has 8 heteroatoms. The van der Waals surface area contributed by atoms with Crippen molar-refractivity contribution in [2.75, 3.05) is 0 Å². The van der Waals surface area contributed by atoms with Gasteiger partial charge in [0.15, 0.2) is 0 Å². The minimum Gasteiger partial charge on any atom is -0.388 e. The molecule has 7 nitrogen and oxygen atoms in total. The first-order valence-corrected chi connectivity index (χ1v) is 11.6. The lowest BCUT2D eigenvalue weighted by Gasteiger charge is -2.37. The first-order chi connectivity index (χ1) is 16.3. The molecule has 1 aromatic carbocycles. The van der Waals surface area contributed by atoms with Crippen molar-refractivity contribution in [2.45, 2.75) is 50.8 Å². The highest BCUT2D eigenvalue weighted by atomic mass is 19.1. The zero-order chi connectivity index (χ0) is 23.9. The summed E-state index contributed by atoms with van der Waals surface area (Å²) in [7, 11) is 1.82. The number of hydrogen-bond acceptors (Lipinski definition) is 4. The first kappa shape index (κ1) is 22.3. The number of nitrogens with zero attached hydrogens (tertiary/aromatic N) is 4. The summed E-state index contributed by atoms with van der Waals surface area (Å²) in [5, 5.41) is 17.9. The van der Waals surface area contributed by atoms with Crippen LogP contribution in [-0.2, 0) is 13.6 Å². The molecule has 3 heterocycles. The molecule has 2 N–H and O–H groups in total. The molecule has 176 valence electrons. The number of aromatic nitrogens is 4. The quantitative estimate of drug-likeness (QED) is 0.470. The molecule has 0 aliphatic heterocycles. The molecule has 5 rings (SSSR count). The van der Waals surface area contributed by atoms with Crippen molar-refractivity contribution >= 4 is 16.9 Å². The number of carbonyl (C=O) groups excluding carboxylic acids is 1. The van der Waals surface area contributed by atoms with Crippen LogP contribution in [-0.4, -0.2) is 42.0 Å². The summed E-state index contributed by atoms with van der Waals surface area (Å²) < 4.78 is 18.6. The Morgan fingerprint density at radius 2 is 2.12 bits per heavy atom. The third-order valence-corrected chi connectivity index (χ3v) is 6.79. The van der Waals surface area contributed by atoms with Gasteiger partial charge in [-0.1, -0.05) is 25.0 Å². The predicted octanol–water partition coefficient (Wildman–Crippen LogP) is 4.05. The predicted molar refractivity (Wildman–Crippen MR) is 128 cm³/mol. The molecule has 1 aliphatic rings. The standard InChI is InChI=1S/C26H28FN5O2/c1-26(34)10-4-3-7-23(26)30-25(33)20-16-32(22-6-5-11-28-24(20)22)15-18-9-8-17(12-21(18)27)19-13-29-31(2)14-19/h5-6,8-9,11-14,16,23,34H,3-4,7,10,15H2,1-2H3,(H,30,33). The van der Waals surface area contributed by atoms with Gasteiger partial charge < -0.3 is 15.0 Å². The van der Waals surface area contributed by atoms with Gasteiger partial charge in [-0.25, -0.2) is 4.39 Å². The molecule has 0 spiro atoms. The molecular formula is C26H28FN5O2. The van der Waals surface area contributed by atoms with Gasteiger partial charge in [-0.2, -0.15) is 5.10 Å². The van der Waals surface area contributed by atoms with Crippen molar-refractivity contribution in [1.29, 1.82) is 0 Å². The highest BCUT2D eigenvalue weighted by molar-refractivity contribution is 6.05. The van der Waals surface area contributed by atoms with Gasteiger partial charge in [-0.05, 0) is 43.5 Å². The van der Waals surface area contributed by atoms with Crippen LogP contribution >= 0.6 is 0 Å². The molecule has 34 heavy (non-hydrogen) atoms. The zero-order valence-corrected chi connectivity index (χ0v) is 19.3. The van der Waals surface area contributed by atoms with Gasteiger partial charge >= 0.3 is 0 Å². The van der Waals surface area contributed by atoms with Crippen LogP contribution in [0.25, 0.3) is 22.2 Å². The van der Waals surface area contributed by atoms with Crippen molar-refractivity contribution < 1.29 is 14.3 Å². The molecule has 0 radical (unpaired) electrons. The highest BCUT2D eigenvalue weighted by Gasteiger charge is 2.36. The molecule has 2 unspecified atom stereocenters. The number of rotatable bonds is 5. The Morgan fingerprint density at radius 1 is 1.26 bits per heavy atom. The number of pyridine rings is 1. The molecule has 3 aromatic heterocycles. The van der Waals surface area contributed by atoms with Crippen LogP contribution in [0.15, 0.2) is 55.1 Å². The van der Waals surface area contributed by atoms with Gasteiger partial charge in [0.2, 0.25) is 0 Å². The monoisotopic (exact) mass is 461 g/mol. The number of amides is 1. The summed E-state index contributed by atoms with van der Waals surface area (Å²) in [6, 6.07) is 8.51. The highest BCUT2D eigenvalue weighted by Crippen LogP contribution is 2.29. The molecule has 1 fully saturated rings. The van der Waals surface area contributed by atoms with E-state index in [0.29, 0.717) is 23.1 Å². The summed E-state index contributed by atoms with van der Waals surface area (Å²) >= 11 is 0. The van der Waals surface area contributed by atoms with E-state index in [1.54, 1.807) is 42.3 Å². The van der Waals surface area contributed by atoms with Crippen LogP contribution in [0, 0.1) is 5.82 Å². The zero-order valence-electron chi connectivity index (χ0n) is 19.3. The molecule has 4 aromatic rings. The number of hydrogen-bond donors (Lipinski definition) is 2. The van der Waals surface area contributed by atoms with E-state index < -0.39 is 5.60 Å². The van der Waals surface area contributed by atoms with Crippen LogP contribution in [0.2, 0.25) is 0 Å². The van der Waals surface area contributed by atoms with E-state index >= 15 is 4.39 Å². The lowest BCUT2D eigenvalue weighted by molar-refractivity contribution is -0.00860. The molecule has 0 saturated heterocycles. The Balaban J connectivity index is 1.43. The fraction of sp³-hybridized carbons (Fsp3) is 0.346. The lowest BCUT2D eigenvalue weighted by atomic mass is 9.81. The second kappa shape index (κ2) is 8.68. The number of halogens is 1. The Bertz CT molecular complexity index is 1360. The Labute approximate surface area is 197 Å². The van der Waals surface area contributed by atoms with Gasteiger partial charge in [0.05, 0.1) is 35.5 Å². The number of aliphatic hydroxyl groups is 1. The van der Waals surface area contributed by atoms with Gasteiger partial charge in [0.1, 0.15) is 11.3 Å². The smallest absolute Gasteiger partial charge is 0.255 e. The van der Waals surface area contributed by atoms with Crippen molar-refractivity contribution in [3.63, 3.8) is 0 Å². The summed E-state index contributed by atoms with van der Waals surface area (Å²) in [6.45, 7) is 2.03. The largest absolute Gasteiger partial charge is 0.388 e. The number of nitrogens with one attached hydrogen (secondary N) is 1. The average molecular weight is 462 g/mol. The van der Waals surface area contributed by atoms with Crippen LogP contribution in [0.4, 0.5) is 4.39 Å². The van der Waals surface area contributed by atoms with Gasteiger partial charge in [0, 0.05) is 36.8 Å². The number of carbonyl (C=O) groups is 1. The fourth-order valence-corrected chi connectivity index (χ4v) is 4.81. The maximum absolute atomic E-state index is 15.0. The molecular weight excluding hydrogens is 433 g/mol. The third kappa shape index (κ3) is 4.21. The van der Waals surface area contributed by atoms with Gasteiger partial charge in [0.25, 0.3) is 5.91 Å². The van der Waals surface area contributed by atoms with Gasteiger partial charge in [-0.15, -0.1) is 0 Å². The summed E-state index contributed by atoms with van der Waals surface area (Å²) in [6.07, 6.45) is 10.2. The van der Waals surface area contributed by atoms with Crippen molar-refractivity contribution in [3.05, 3.63) is 72.1 Å². The minimum atomic E-state index is -0.932. The third-order valence-electron chi connectivity index (χ3n) is 6.79. The molecule has 0 bridgehead atoms. The number of aryl methyl sites for hydroxylation is 1. The number of benzene rings is 1. The van der Waals surface area contributed by atoms with Crippen molar-refractivity contribution in [2.24, 2.45) is 7.05 Å². The summed E-state index contributed by atoms with van der Waals surface area (Å²) in [5.41, 5.74) is 2.91. The topological polar surface area (TPSA) is 85.0 Å².